The molecule has 0 radical (unpaired) electrons. The standard InChI is InChI=1S/C17H20O4/c1-20-9-11-7-15(18)16(17(11)19)14-8-12(21-2)5-6-13(14)10-3-4-10/h5-6,8,10-11,19H,3-4,7,9H2,1-2H3. The third-order valence-corrected chi connectivity index (χ3v) is 4.27. The summed E-state index contributed by atoms with van der Waals surface area (Å²) in [5.41, 5.74) is 2.43. The smallest absolute Gasteiger partial charge is 0.167 e. The predicted molar refractivity (Wildman–Crippen MR) is 79.5 cm³/mol. The number of aliphatic hydroxyl groups excluding tert-OH is 1. The number of benzene rings is 1. The van der Waals surface area contributed by atoms with Gasteiger partial charge in [-0.05, 0) is 42.0 Å². The third-order valence-electron chi connectivity index (χ3n) is 4.27. The zero-order valence-electron chi connectivity index (χ0n) is 12.4. The van der Waals surface area contributed by atoms with Crippen LogP contribution in [0.3, 0.4) is 0 Å². The van der Waals surface area contributed by atoms with Gasteiger partial charge in [-0.25, -0.2) is 0 Å². The van der Waals surface area contributed by atoms with Crippen molar-refractivity contribution in [3.05, 3.63) is 35.1 Å². The topological polar surface area (TPSA) is 55.8 Å². The molecule has 3 rings (SSSR count). The van der Waals surface area contributed by atoms with Crippen LogP contribution < -0.4 is 4.74 Å². The highest BCUT2D eigenvalue weighted by atomic mass is 16.5. The number of Topliss-reactive ketones (excluding diaryl/α,β-unsaturated/α-hetero) is 1. The number of hydrogen-bond acceptors (Lipinski definition) is 4. The molecule has 0 spiro atoms. The van der Waals surface area contributed by atoms with Gasteiger partial charge in [0.1, 0.15) is 11.5 Å². The van der Waals surface area contributed by atoms with Crippen LogP contribution in [0.5, 0.6) is 5.75 Å². The number of allylic oxidation sites excluding steroid dienone is 1. The lowest BCUT2D eigenvalue weighted by Gasteiger charge is -2.12. The van der Waals surface area contributed by atoms with Crippen LogP contribution in [0.4, 0.5) is 0 Å². The van der Waals surface area contributed by atoms with E-state index in [2.05, 4.69) is 0 Å². The zero-order valence-corrected chi connectivity index (χ0v) is 12.4. The number of carbonyl (C=O) groups is 1. The van der Waals surface area contributed by atoms with Gasteiger partial charge in [-0.3, -0.25) is 4.79 Å². The van der Waals surface area contributed by atoms with Crippen molar-refractivity contribution in [3.8, 4) is 5.75 Å². The molecule has 0 aliphatic heterocycles. The Balaban J connectivity index is 2.07. The lowest BCUT2D eigenvalue weighted by atomic mass is 9.95. The van der Waals surface area contributed by atoms with E-state index in [-0.39, 0.29) is 17.5 Å². The molecule has 0 bridgehead atoms. The number of carbonyl (C=O) groups excluding carboxylic acids is 1. The number of methoxy groups -OCH3 is 2. The molecule has 21 heavy (non-hydrogen) atoms. The first-order valence-electron chi connectivity index (χ1n) is 7.29. The summed E-state index contributed by atoms with van der Waals surface area (Å²) in [4.78, 5) is 12.4. The van der Waals surface area contributed by atoms with Gasteiger partial charge in [0.15, 0.2) is 5.78 Å². The monoisotopic (exact) mass is 288 g/mol. The van der Waals surface area contributed by atoms with Crippen molar-refractivity contribution in [2.75, 3.05) is 20.8 Å². The number of aliphatic hydroxyl groups is 1. The van der Waals surface area contributed by atoms with Crippen molar-refractivity contribution in [1.29, 1.82) is 0 Å². The second-order valence-electron chi connectivity index (χ2n) is 5.77. The first-order valence-corrected chi connectivity index (χ1v) is 7.29. The number of rotatable bonds is 5. The highest BCUT2D eigenvalue weighted by molar-refractivity contribution is 6.24. The molecule has 1 aromatic rings. The first-order chi connectivity index (χ1) is 10.2. The quantitative estimate of drug-likeness (QED) is 0.904. The van der Waals surface area contributed by atoms with E-state index in [4.69, 9.17) is 9.47 Å². The first kappa shape index (κ1) is 14.1. The van der Waals surface area contributed by atoms with Crippen LogP contribution in [0, 0.1) is 5.92 Å². The van der Waals surface area contributed by atoms with Gasteiger partial charge in [0, 0.05) is 19.4 Å². The highest BCUT2D eigenvalue weighted by Gasteiger charge is 2.36. The van der Waals surface area contributed by atoms with Crippen LogP contribution >= 0.6 is 0 Å². The van der Waals surface area contributed by atoms with Crippen molar-refractivity contribution < 1.29 is 19.4 Å². The van der Waals surface area contributed by atoms with E-state index < -0.39 is 0 Å². The number of hydrogen-bond donors (Lipinski definition) is 1. The van der Waals surface area contributed by atoms with Gasteiger partial charge in [-0.1, -0.05) is 6.07 Å². The Labute approximate surface area is 124 Å². The molecule has 1 fully saturated rings. The molecule has 1 unspecified atom stereocenters. The summed E-state index contributed by atoms with van der Waals surface area (Å²) in [7, 11) is 3.19. The summed E-state index contributed by atoms with van der Waals surface area (Å²) in [6.45, 7) is 0.365. The second kappa shape index (κ2) is 5.53. The fourth-order valence-electron chi connectivity index (χ4n) is 3.03. The largest absolute Gasteiger partial charge is 0.511 e. The van der Waals surface area contributed by atoms with Gasteiger partial charge in [0.05, 0.1) is 19.3 Å². The minimum Gasteiger partial charge on any atom is -0.511 e. The maximum atomic E-state index is 12.4. The Morgan fingerprint density at radius 2 is 2.05 bits per heavy atom. The predicted octanol–water partition coefficient (Wildman–Crippen LogP) is 3.08. The lowest BCUT2D eigenvalue weighted by molar-refractivity contribution is -0.114. The second-order valence-corrected chi connectivity index (χ2v) is 5.77. The van der Waals surface area contributed by atoms with Crippen LogP contribution in [0.1, 0.15) is 36.3 Å². The van der Waals surface area contributed by atoms with E-state index in [0.29, 0.717) is 30.3 Å². The Kier molecular flexibility index (Phi) is 3.72. The summed E-state index contributed by atoms with van der Waals surface area (Å²) in [6.07, 6.45) is 2.60. The minimum absolute atomic E-state index is 0.00953. The number of ketones is 1. The molecular formula is C17H20O4. The van der Waals surface area contributed by atoms with Crippen molar-refractivity contribution in [2.24, 2.45) is 5.92 Å². The Hall–Kier alpha value is -1.81. The molecule has 0 aromatic heterocycles. The summed E-state index contributed by atoms with van der Waals surface area (Å²) in [5.74, 6) is 1.13. The SMILES string of the molecule is COCC1CC(=O)C(c2cc(OC)ccc2C2CC2)=C1O. The van der Waals surface area contributed by atoms with Crippen molar-refractivity contribution in [2.45, 2.75) is 25.2 Å². The van der Waals surface area contributed by atoms with Gasteiger partial charge < -0.3 is 14.6 Å². The average Bonchev–Trinajstić information content (AvgIpc) is 3.27. The van der Waals surface area contributed by atoms with Crippen LogP contribution in [-0.4, -0.2) is 31.7 Å². The van der Waals surface area contributed by atoms with E-state index in [1.165, 1.54) is 0 Å². The highest BCUT2D eigenvalue weighted by Crippen LogP contribution is 2.46. The molecule has 4 nitrogen and oxygen atoms in total. The van der Waals surface area contributed by atoms with Crippen LogP contribution in [0.2, 0.25) is 0 Å². The van der Waals surface area contributed by atoms with Gasteiger partial charge in [-0.2, -0.15) is 0 Å². The molecule has 0 heterocycles. The van der Waals surface area contributed by atoms with E-state index in [1.54, 1.807) is 14.2 Å². The van der Waals surface area contributed by atoms with E-state index >= 15 is 0 Å². The van der Waals surface area contributed by atoms with Gasteiger partial charge in [0.2, 0.25) is 0 Å². The fraction of sp³-hybridized carbons (Fsp3) is 0.471. The van der Waals surface area contributed by atoms with Crippen molar-refractivity contribution in [1.82, 2.24) is 0 Å². The summed E-state index contributed by atoms with van der Waals surface area (Å²) in [6, 6.07) is 5.80. The molecule has 0 amide bonds. The molecule has 4 heteroatoms. The van der Waals surface area contributed by atoms with E-state index in [9.17, 15) is 9.90 Å². The normalized spacial score (nSPS) is 22.0. The summed E-state index contributed by atoms with van der Waals surface area (Å²) in [5, 5.41) is 10.4. The molecule has 2 aliphatic carbocycles. The molecule has 1 aromatic carbocycles. The van der Waals surface area contributed by atoms with E-state index in [0.717, 1.165) is 24.0 Å². The van der Waals surface area contributed by atoms with Crippen LogP contribution in [0.25, 0.3) is 5.57 Å². The Morgan fingerprint density at radius 3 is 2.67 bits per heavy atom. The molecule has 2 aliphatic rings. The Bertz CT molecular complexity index is 599. The average molecular weight is 288 g/mol. The van der Waals surface area contributed by atoms with Crippen molar-refractivity contribution in [3.63, 3.8) is 0 Å². The molecule has 1 saturated carbocycles. The van der Waals surface area contributed by atoms with Gasteiger partial charge >= 0.3 is 0 Å². The summed E-state index contributed by atoms with van der Waals surface area (Å²) >= 11 is 0. The fourth-order valence-corrected chi connectivity index (χ4v) is 3.03. The van der Waals surface area contributed by atoms with Crippen LogP contribution in [0.15, 0.2) is 24.0 Å². The van der Waals surface area contributed by atoms with Crippen molar-refractivity contribution >= 4 is 11.4 Å². The molecule has 112 valence electrons. The number of ether oxygens (including phenoxy) is 2. The van der Waals surface area contributed by atoms with Crippen LogP contribution in [-0.2, 0) is 9.53 Å². The zero-order chi connectivity index (χ0) is 15.0. The molecular weight excluding hydrogens is 268 g/mol. The van der Waals surface area contributed by atoms with E-state index in [1.807, 2.05) is 18.2 Å². The van der Waals surface area contributed by atoms with Gasteiger partial charge in [-0.15, -0.1) is 0 Å². The summed E-state index contributed by atoms with van der Waals surface area (Å²) < 4.78 is 10.4. The maximum absolute atomic E-state index is 12.4. The molecule has 1 N–H and O–H groups in total. The van der Waals surface area contributed by atoms with Gasteiger partial charge in [0.25, 0.3) is 0 Å². The lowest BCUT2D eigenvalue weighted by Crippen LogP contribution is -2.07. The third kappa shape index (κ3) is 2.56. The minimum atomic E-state index is -0.226. The Morgan fingerprint density at radius 1 is 1.29 bits per heavy atom. The molecule has 0 saturated heterocycles. The maximum Gasteiger partial charge on any atom is 0.167 e. The molecule has 1 atom stereocenters.